The molecule has 19 heavy (non-hydrogen) atoms. The number of nitrogens with zero attached hydrogens (tertiary/aromatic N) is 1. The Balaban J connectivity index is 0.00000180. The second kappa shape index (κ2) is 6.60. The molecule has 0 unspecified atom stereocenters. The largest absolute Gasteiger partial charge is 0.315 e. The zero-order valence-corrected chi connectivity index (χ0v) is 11.7. The van der Waals surface area contributed by atoms with E-state index < -0.39 is 21.7 Å². The molecule has 1 aromatic carbocycles. The summed E-state index contributed by atoms with van der Waals surface area (Å²) in [7, 11) is -3.82. The summed E-state index contributed by atoms with van der Waals surface area (Å²) in [4.78, 5) is -0.332. The van der Waals surface area contributed by atoms with Gasteiger partial charge in [-0.15, -0.1) is 12.4 Å². The third-order valence-electron chi connectivity index (χ3n) is 2.77. The molecule has 1 aliphatic rings. The molecule has 0 spiro atoms. The van der Waals surface area contributed by atoms with Crippen LogP contribution >= 0.6 is 12.4 Å². The zero-order valence-electron chi connectivity index (χ0n) is 10.1. The molecule has 1 aliphatic heterocycles. The Labute approximate surface area is 117 Å². The molecule has 1 fully saturated rings. The smallest absolute Gasteiger partial charge is 0.243 e. The van der Waals surface area contributed by atoms with E-state index in [0.717, 1.165) is 18.7 Å². The fourth-order valence-corrected chi connectivity index (χ4v) is 3.41. The second-order valence-corrected chi connectivity index (χ2v) is 6.05. The van der Waals surface area contributed by atoms with Gasteiger partial charge in [0.1, 0.15) is 11.6 Å². The van der Waals surface area contributed by atoms with Crippen LogP contribution in [0.25, 0.3) is 0 Å². The minimum atomic E-state index is -3.82. The third-order valence-corrected chi connectivity index (χ3v) is 4.65. The van der Waals surface area contributed by atoms with Crippen molar-refractivity contribution in [1.82, 2.24) is 9.62 Å². The molecule has 0 saturated carbocycles. The third kappa shape index (κ3) is 3.85. The minimum absolute atomic E-state index is 0. The standard InChI is InChI=1S/C11H14F2N2O2S.ClH/c12-9-6-10(13)8-11(7-9)18(16,17)15-4-1-2-14-3-5-15;/h6-8,14H,1-5H2;1H. The van der Waals surface area contributed by atoms with Crippen LogP contribution in [0.15, 0.2) is 23.1 Å². The van der Waals surface area contributed by atoms with Gasteiger partial charge >= 0.3 is 0 Å². The topological polar surface area (TPSA) is 49.4 Å². The van der Waals surface area contributed by atoms with Crippen LogP contribution in [0.2, 0.25) is 0 Å². The molecule has 0 bridgehead atoms. The van der Waals surface area contributed by atoms with Crippen LogP contribution in [-0.2, 0) is 10.0 Å². The van der Waals surface area contributed by atoms with Crippen LogP contribution in [0.5, 0.6) is 0 Å². The highest BCUT2D eigenvalue weighted by Crippen LogP contribution is 2.19. The van der Waals surface area contributed by atoms with E-state index in [1.54, 1.807) is 0 Å². The minimum Gasteiger partial charge on any atom is -0.315 e. The number of halogens is 3. The Hall–Kier alpha value is -0.760. The molecular weight excluding hydrogens is 298 g/mol. The van der Waals surface area contributed by atoms with E-state index in [2.05, 4.69) is 5.32 Å². The maximum absolute atomic E-state index is 13.1. The van der Waals surface area contributed by atoms with E-state index in [-0.39, 0.29) is 17.3 Å². The van der Waals surface area contributed by atoms with Gasteiger partial charge in [-0.25, -0.2) is 17.2 Å². The van der Waals surface area contributed by atoms with Crippen LogP contribution in [0.4, 0.5) is 8.78 Å². The number of sulfonamides is 1. The number of nitrogens with one attached hydrogen (secondary N) is 1. The predicted molar refractivity (Wildman–Crippen MR) is 69.9 cm³/mol. The molecule has 0 aliphatic carbocycles. The van der Waals surface area contributed by atoms with E-state index >= 15 is 0 Å². The van der Waals surface area contributed by atoms with Gasteiger partial charge in [-0.05, 0) is 25.1 Å². The lowest BCUT2D eigenvalue weighted by atomic mass is 10.3. The summed E-state index contributed by atoms with van der Waals surface area (Å²) in [6.45, 7) is 1.94. The summed E-state index contributed by atoms with van der Waals surface area (Å²) in [5.41, 5.74) is 0. The molecule has 1 aromatic rings. The first kappa shape index (κ1) is 16.3. The van der Waals surface area contributed by atoms with Crippen molar-refractivity contribution >= 4 is 22.4 Å². The summed E-state index contributed by atoms with van der Waals surface area (Å²) in [5, 5.41) is 3.07. The summed E-state index contributed by atoms with van der Waals surface area (Å²) in [6.07, 6.45) is 0.678. The molecule has 1 saturated heterocycles. The van der Waals surface area contributed by atoms with Gasteiger partial charge in [0.2, 0.25) is 10.0 Å². The molecule has 0 radical (unpaired) electrons. The van der Waals surface area contributed by atoms with E-state index in [9.17, 15) is 17.2 Å². The van der Waals surface area contributed by atoms with Gasteiger partial charge < -0.3 is 5.32 Å². The summed E-state index contributed by atoms with van der Waals surface area (Å²) < 4.78 is 51.8. The molecule has 0 atom stereocenters. The van der Waals surface area contributed by atoms with E-state index in [1.165, 1.54) is 4.31 Å². The average molecular weight is 313 g/mol. The Kier molecular flexibility index (Phi) is 5.66. The molecule has 8 heteroatoms. The molecule has 1 N–H and O–H groups in total. The van der Waals surface area contributed by atoms with E-state index in [4.69, 9.17) is 0 Å². The molecular formula is C11H15ClF2N2O2S. The van der Waals surface area contributed by atoms with Gasteiger partial charge in [0.05, 0.1) is 4.90 Å². The fourth-order valence-electron chi connectivity index (χ4n) is 1.89. The maximum atomic E-state index is 13.1. The monoisotopic (exact) mass is 312 g/mol. The molecule has 0 aromatic heterocycles. The molecule has 4 nitrogen and oxygen atoms in total. The van der Waals surface area contributed by atoms with Crippen LogP contribution in [-0.4, -0.2) is 38.9 Å². The Morgan fingerprint density at radius 2 is 1.68 bits per heavy atom. The van der Waals surface area contributed by atoms with Gasteiger partial charge in [-0.1, -0.05) is 0 Å². The summed E-state index contributed by atoms with van der Waals surface area (Å²) >= 11 is 0. The lowest BCUT2D eigenvalue weighted by Crippen LogP contribution is -2.34. The average Bonchev–Trinajstić information content (AvgIpc) is 2.56. The Morgan fingerprint density at radius 1 is 1.05 bits per heavy atom. The normalized spacial score (nSPS) is 17.6. The van der Waals surface area contributed by atoms with Crippen molar-refractivity contribution in [3.8, 4) is 0 Å². The highest BCUT2D eigenvalue weighted by atomic mass is 35.5. The first-order valence-corrected chi connectivity index (χ1v) is 7.11. The van der Waals surface area contributed by atoms with Gasteiger partial charge in [0.25, 0.3) is 0 Å². The van der Waals surface area contributed by atoms with Crippen LogP contribution < -0.4 is 5.32 Å². The van der Waals surface area contributed by atoms with Crippen molar-refractivity contribution in [1.29, 1.82) is 0 Å². The van der Waals surface area contributed by atoms with Gasteiger partial charge in [-0.3, -0.25) is 0 Å². The van der Waals surface area contributed by atoms with Crippen molar-refractivity contribution in [2.45, 2.75) is 11.3 Å². The Morgan fingerprint density at radius 3 is 2.32 bits per heavy atom. The Bertz CT molecular complexity index is 511. The van der Waals surface area contributed by atoms with E-state index in [1.807, 2.05) is 0 Å². The lowest BCUT2D eigenvalue weighted by molar-refractivity contribution is 0.430. The van der Waals surface area contributed by atoms with Gasteiger partial charge in [0.15, 0.2) is 0 Å². The van der Waals surface area contributed by atoms with Crippen molar-refractivity contribution in [3.05, 3.63) is 29.8 Å². The molecule has 108 valence electrons. The lowest BCUT2D eigenvalue weighted by Gasteiger charge is -2.19. The summed E-state index contributed by atoms with van der Waals surface area (Å²) in [5.74, 6) is -1.77. The molecule has 0 amide bonds. The number of hydrogen-bond acceptors (Lipinski definition) is 3. The number of hydrogen-bond donors (Lipinski definition) is 1. The molecule has 2 rings (SSSR count). The zero-order chi connectivity index (χ0) is 13.2. The molecule has 1 heterocycles. The predicted octanol–water partition coefficient (Wildman–Crippen LogP) is 1.37. The van der Waals surface area contributed by atoms with Gasteiger partial charge in [-0.2, -0.15) is 4.31 Å². The van der Waals surface area contributed by atoms with Crippen molar-refractivity contribution in [2.24, 2.45) is 0 Å². The van der Waals surface area contributed by atoms with Crippen molar-refractivity contribution in [3.63, 3.8) is 0 Å². The summed E-state index contributed by atoms with van der Waals surface area (Å²) in [6, 6.07) is 2.34. The van der Waals surface area contributed by atoms with E-state index in [0.29, 0.717) is 32.1 Å². The highest BCUT2D eigenvalue weighted by Gasteiger charge is 2.25. The maximum Gasteiger partial charge on any atom is 0.243 e. The highest BCUT2D eigenvalue weighted by molar-refractivity contribution is 7.89. The number of benzene rings is 1. The quantitative estimate of drug-likeness (QED) is 0.897. The number of rotatable bonds is 2. The fraction of sp³-hybridized carbons (Fsp3) is 0.455. The SMILES string of the molecule is Cl.O=S(=O)(c1cc(F)cc(F)c1)N1CCCNCC1. The van der Waals surface area contributed by atoms with Gasteiger partial charge in [0, 0.05) is 25.7 Å². The second-order valence-electron chi connectivity index (χ2n) is 4.11. The first-order valence-electron chi connectivity index (χ1n) is 5.67. The van der Waals surface area contributed by atoms with Crippen molar-refractivity contribution < 1.29 is 17.2 Å². The van der Waals surface area contributed by atoms with Crippen LogP contribution in [0, 0.1) is 11.6 Å². The first-order chi connectivity index (χ1) is 8.50. The van der Waals surface area contributed by atoms with Crippen molar-refractivity contribution in [2.75, 3.05) is 26.2 Å². The van der Waals surface area contributed by atoms with Crippen LogP contribution in [0.1, 0.15) is 6.42 Å². The van der Waals surface area contributed by atoms with Crippen LogP contribution in [0.3, 0.4) is 0 Å².